The maximum Gasteiger partial charge on any atom is 0.221 e. The smallest absolute Gasteiger partial charge is 0.221 e. The Hall–Kier alpha value is -1.91. The highest BCUT2D eigenvalue weighted by atomic mass is 15.4. The Morgan fingerprint density at radius 3 is 2.57 bits per heavy atom. The van der Waals surface area contributed by atoms with Crippen molar-refractivity contribution in [2.75, 3.05) is 12.4 Å². The van der Waals surface area contributed by atoms with Crippen LogP contribution < -0.4 is 5.32 Å². The minimum Gasteiger partial charge on any atom is -0.357 e. The number of pyridine rings is 1. The van der Waals surface area contributed by atoms with E-state index in [9.17, 15) is 0 Å². The predicted molar refractivity (Wildman–Crippen MR) is 53.8 cm³/mol. The summed E-state index contributed by atoms with van der Waals surface area (Å²) in [5, 5.41) is 7.23. The molecule has 0 unspecified atom stereocenters. The van der Waals surface area contributed by atoms with Gasteiger partial charge in [-0.1, -0.05) is 0 Å². The molecule has 0 aromatic carbocycles. The number of hydrogen-bond donors (Lipinski definition) is 1. The molecule has 0 saturated carbocycles. The number of aromatic nitrogens is 4. The van der Waals surface area contributed by atoms with E-state index in [1.807, 2.05) is 26.2 Å². The van der Waals surface area contributed by atoms with Gasteiger partial charge in [0, 0.05) is 32.1 Å². The number of nitrogens with zero attached hydrogens (tertiary/aromatic N) is 4. The molecule has 0 aliphatic carbocycles. The average molecular weight is 189 g/mol. The summed E-state index contributed by atoms with van der Waals surface area (Å²) in [7, 11) is 3.67. The van der Waals surface area contributed by atoms with Gasteiger partial charge in [0.25, 0.3) is 0 Å². The topological polar surface area (TPSA) is 55.6 Å². The number of anilines is 1. The van der Waals surface area contributed by atoms with Gasteiger partial charge in [0.05, 0.1) is 0 Å². The molecule has 1 N–H and O–H groups in total. The standard InChI is InChI=1S/C9H11N5/c1-10-9-12-8(13-14(9)2)7-3-5-11-6-4-7/h3-6H,1-2H3,(H,10,12,13). The molecule has 0 atom stereocenters. The minimum absolute atomic E-state index is 0.708. The summed E-state index contributed by atoms with van der Waals surface area (Å²) in [6.07, 6.45) is 3.45. The summed E-state index contributed by atoms with van der Waals surface area (Å²) in [6.45, 7) is 0. The van der Waals surface area contributed by atoms with Crippen molar-refractivity contribution in [3.05, 3.63) is 24.5 Å². The van der Waals surface area contributed by atoms with Crippen LogP contribution in [0.4, 0.5) is 5.95 Å². The van der Waals surface area contributed by atoms with E-state index in [4.69, 9.17) is 0 Å². The summed E-state index contributed by atoms with van der Waals surface area (Å²) < 4.78 is 1.70. The SMILES string of the molecule is CNc1nc(-c2ccncc2)nn1C. The van der Waals surface area contributed by atoms with Crippen LogP contribution in [0, 0.1) is 0 Å². The van der Waals surface area contributed by atoms with Crippen molar-refractivity contribution in [3.8, 4) is 11.4 Å². The van der Waals surface area contributed by atoms with Crippen LogP contribution in [0.5, 0.6) is 0 Å². The largest absolute Gasteiger partial charge is 0.357 e. The highest BCUT2D eigenvalue weighted by Gasteiger charge is 2.06. The number of rotatable bonds is 2. The zero-order valence-electron chi connectivity index (χ0n) is 8.10. The fourth-order valence-electron chi connectivity index (χ4n) is 1.23. The zero-order chi connectivity index (χ0) is 9.97. The third-order valence-corrected chi connectivity index (χ3v) is 1.93. The monoisotopic (exact) mass is 189 g/mol. The molecule has 0 radical (unpaired) electrons. The van der Waals surface area contributed by atoms with E-state index in [1.165, 1.54) is 0 Å². The van der Waals surface area contributed by atoms with Crippen LogP contribution in [0.15, 0.2) is 24.5 Å². The van der Waals surface area contributed by atoms with Gasteiger partial charge in [0.15, 0.2) is 5.82 Å². The quantitative estimate of drug-likeness (QED) is 0.763. The van der Waals surface area contributed by atoms with Gasteiger partial charge >= 0.3 is 0 Å². The first-order valence-corrected chi connectivity index (χ1v) is 4.30. The van der Waals surface area contributed by atoms with Crippen molar-refractivity contribution in [2.24, 2.45) is 7.05 Å². The Morgan fingerprint density at radius 1 is 1.29 bits per heavy atom. The molecule has 2 heterocycles. The van der Waals surface area contributed by atoms with Gasteiger partial charge in [0.1, 0.15) is 0 Å². The van der Waals surface area contributed by atoms with Gasteiger partial charge in [-0.3, -0.25) is 4.98 Å². The molecule has 2 aromatic heterocycles. The van der Waals surface area contributed by atoms with Crippen LogP contribution in [-0.4, -0.2) is 26.8 Å². The van der Waals surface area contributed by atoms with E-state index in [1.54, 1.807) is 17.1 Å². The van der Waals surface area contributed by atoms with Crippen molar-refractivity contribution in [1.82, 2.24) is 19.7 Å². The van der Waals surface area contributed by atoms with Gasteiger partial charge in [-0.05, 0) is 12.1 Å². The highest BCUT2D eigenvalue weighted by Crippen LogP contribution is 2.15. The fraction of sp³-hybridized carbons (Fsp3) is 0.222. The van der Waals surface area contributed by atoms with Gasteiger partial charge in [-0.15, -0.1) is 5.10 Å². The normalized spacial score (nSPS) is 10.1. The van der Waals surface area contributed by atoms with Crippen molar-refractivity contribution in [1.29, 1.82) is 0 Å². The molecule has 0 fully saturated rings. The van der Waals surface area contributed by atoms with E-state index in [0.29, 0.717) is 5.82 Å². The van der Waals surface area contributed by atoms with Crippen LogP contribution >= 0.6 is 0 Å². The first-order chi connectivity index (χ1) is 6.81. The highest BCUT2D eigenvalue weighted by molar-refractivity contribution is 5.55. The lowest BCUT2D eigenvalue weighted by Crippen LogP contribution is -1.98. The van der Waals surface area contributed by atoms with E-state index in [0.717, 1.165) is 11.5 Å². The summed E-state index contributed by atoms with van der Waals surface area (Å²) in [4.78, 5) is 8.25. The zero-order valence-corrected chi connectivity index (χ0v) is 8.10. The lowest BCUT2D eigenvalue weighted by Gasteiger charge is -1.93. The molecule has 0 amide bonds. The fourth-order valence-corrected chi connectivity index (χ4v) is 1.23. The molecule has 14 heavy (non-hydrogen) atoms. The lowest BCUT2D eigenvalue weighted by atomic mass is 10.3. The molecule has 0 aliphatic rings. The number of nitrogens with one attached hydrogen (secondary N) is 1. The van der Waals surface area contributed by atoms with Crippen LogP contribution in [0.1, 0.15) is 0 Å². The number of hydrogen-bond acceptors (Lipinski definition) is 4. The van der Waals surface area contributed by atoms with E-state index >= 15 is 0 Å². The van der Waals surface area contributed by atoms with Gasteiger partial charge in [0.2, 0.25) is 5.95 Å². The third-order valence-electron chi connectivity index (χ3n) is 1.93. The molecule has 2 aromatic rings. The van der Waals surface area contributed by atoms with E-state index in [2.05, 4.69) is 20.4 Å². The third kappa shape index (κ3) is 1.44. The predicted octanol–water partition coefficient (Wildman–Crippen LogP) is 0.919. The lowest BCUT2D eigenvalue weighted by molar-refractivity contribution is 0.776. The van der Waals surface area contributed by atoms with Gasteiger partial charge < -0.3 is 5.32 Å². The minimum atomic E-state index is 0.708. The molecule has 2 rings (SSSR count). The van der Waals surface area contributed by atoms with Crippen LogP contribution in [0.2, 0.25) is 0 Å². The van der Waals surface area contributed by atoms with E-state index in [-0.39, 0.29) is 0 Å². The van der Waals surface area contributed by atoms with Crippen LogP contribution in [0.3, 0.4) is 0 Å². The molecule has 5 nitrogen and oxygen atoms in total. The number of aryl methyl sites for hydroxylation is 1. The molecular formula is C9H11N5. The van der Waals surface area contributed by atoms with Crippen molar-refractivity contribution in [3.63, 3.8) is 0 Å². The molecule has 0 spiro atoms. The van der Waals surface area contributed by atoms with Crippen LogP contribution in [-0.2, 0) is 7.05 Å². The van der Waals surface area contributed by atoms with Crippen LogP contribution in [0.25, 0.3) is 11.4 Å². The molecular weight excluding hydrogens is 178 g/mol. The van der Waals surface area contributed by atoms with Gasteiger partial charge in [-0.2, -0.15) is 4.98 Å². The second-order valence-electron chi connectivity index (χ2n) is 2.87. The summed E-state index contributed by atoms with van der Waals surface area (Å²) >= 11 is 0. The maximum absolute atomic E-state index is 4.31. The summed E-state index contributed by atoms with van der Waals surface area (Å²) in [5.41, 5.74) is 0.970. The second kappa shape index (κ2) is 3.45. The molecule has 0 bridgehead atoms. The maximum atomic E-state index is 4.31. The summed E-state index contributed by atoms with van der Waals surface area (Å²) in [6, 6.07) is 3.77. The first kappa shape index (κ1) is 8.68. The van der Waals surface area contributed by atoms with Crippen molar-refractivity contribution in [2.45, 2.75) is 0 Å². The molecule has 72 valence electrons. The average Bonchev–Trinajstić information content (AvgIpc) is 2.61. The Balaban J connectivity index is 2.43. The first-order valence-electron chi connectivity index (χ1n) is 4.30. The van der Waals surface area contributed by atoms with Gasteiger partial charge in [-0.25, -0.2) is 4.68 Å². The van der Waals surface area contributed by atoms with E-state index < -0.39 is 0 Å². The molecule has 5 heteroatoms. The summed E-state index contributed by atoms with van der Waals surface area (Å²) in [5.74, 6) is 1.45. The molecule has 0 aliphatic heterocycles. The van der Waals surface area contributed by atoms with Crippen molar-refractivity contribution >= 4 is 5.95 Å². The second-order valence-corrected chi connectivity index (χ2v) is 2.87. The molecule has 0 saturated heterocycles. The van der Waals surface area contributed by atoms with Crippen molar-refractivity contribution < 1.29 is 0 Å². The Morgan fingerprint density at radius 2 is 2.00 bits per heavy atom. The Bertz CT molecular complexity index is 420. The Kier molecular flexibility index (Phi) is 2.14. The Labute approximate surface area is 81.8 Å².